The van der Waals surface area contributed by atoms with Gasteiger partial charge < -0.3 is 4.74 Å². The number of rotatable bonds is 7. The summed E-state index contributed by atoms with van der Waals surface area (Å²) < 4.78 is 40.1. The summed E-state index contributed by atoms with van der Waals surface area (Å²) in [7, 11) is 0. The van der Waals surface area contributed by atoms with Gasteiger partial charge in [0.25, 0.3) is 0 Å². The van der Waals surface area contributed by atoms with Crippen LogP contribution in [0.2, 0.25) is 0 Å². The zero-order valence-corrected chi connectivity index (χ0v) is 11.5. The van der Waals surface area contributed by atoms with Crippen molar-refractivity contribution in [2.75, 3.05) is 18.5 Å². The Balaban J connectivity index is 2.07. The molecule has 0 aromatic heterocycles. The minimum absolute atomic E-state index is 0.218. The zero-order valence-electron chi connectivity index (χ0n) is 9.94. The van der Waals surface area contributed by atoms with Gasteiger partial charge in [-0.15, -0.1) is 0 Å². The largest absolute Gasteiger partial charge is 0.411 e. The van der Waals surface area contributed by atoms with E-state index in [1.54, 1.807) is 0 Å². The maximum absolute atomic E-state index is 11.8. The maximum Gasteiger partial charge on any atom is 0.411 e. The van der Waals surface area contributed by atoms with Crippen LogP contribution in [0.25, 0.3) is 0 Å². The SMILES string of the molecule is FC(F)(F)COCCCC(CBr)C1CCCC1. The fourth-order valence-corrected chi connectivity index (χ4v) is 3.36. The Labute approximate surface area is 109 Å². The molecule has 0 aliphatic heterocycles. The number of alkyl halides is 4. The summed E-state index contributed by atoms with van der Waals surface area (Å²) in [6.07, 6.45) is 2.66. The highest BCUT2D eigenvalue weighted by Gasteiger charge is 2.27. The number of hydrogen-bond donors (Lipinski definition) is 0. The van der Waals surface area contributed by atoms with Crippen LogP contribution in [-0.2, 0) is 4.74 Å². The first-order valence-corrected chi connectivity index (χ1v) is 7.35. The Morgan fingerprint density at radius 1 is 1.24 bits per heavy atom. The Bertz CT molecular complexity index is 202. The first-order chi connectivity index (χ1) is 8.03. The van der Waals surface area contributed by atoms with Gasteiger partial charge in [0.15, 0.2) is 0 Å². The molecule has 5 heteroatoms. The van der Waals surface area contributed by atoms with Crippen molar-refractivity contribution in [3.05, 3.63) is 0 Å². The molecular weight excluding hydrogens is 297 g/mol. The lowest BCUT2D eigenvalue weighted by molar-refractivity contribution is -0.174. The number of halogens is 4. The summed E-state index contributed by atoms with van der Waals surface area (Å²) in [5, 5.41) is 0.955. The molecule has 0 aromatic carbocycles. The average molecular weight is 317 g/mol. The fourth-order valence-electron chi connectivity index (χ4n) is 2.50. The van der Waals surface area contributed by atoms with E-state index < -0.39 is 12.8 Å². The molecule has 1 atom stereocenters. The highest BCUT2D eigenvalue weighted by Crippen LogP contribution is 2.34. The van der Waals surface area contributed by atoms with Crippen molar-refractivity contribution in [1.29, 1.82) is 0 Å². The number of hydrogen-bond acceptors (Lipinski definition) is 1. The van der Waals surface area contributed by atoms with E-state index >= 15 is 0 Å². The summed E-state index contributed by atoms with van der Waals surface area (Å²) in [4.78, 5) is 0. The van der Waals surface area contributed by atoms with Crippen molar-refractivity contribution in [1.82, 2.24) is 0 Å². The van der Waals surface area contributed by atoms with E-state index in [-0.39, 0.29) is 6.61 Å². The van der Waals surface area contributed by atoms with Crippen molar-refractivity contribution >= 4 is 15.9 Å². The minimum atomic E-state index is -4.19. The van der Waals surface area contributed by atoms with E-state index in [1.807, 2.05) is 0 Å². The monoisotopic (exact) mass is 316 g/mol. The van der Waals surface area contributed by atoms with Crippen LogP contribution in [0.4, 0.5) is 13.2 Å². The van der Waals surface area contributed by atoms with Gasteiger partial charge >= 0.3 is 6.18 Å². The van der Waals surface area contributed by atoms with Crippen LogP contribution in [0.5, 0.6) is 0 Å². The van der Waals surface area contributed by atoms with E-state index in [0.717, 1.165) is 24.1 Å². The van der Waals surface area contributed by atoms with Crippen molar-refractivity contribution in [2.45, 2.75) is 44.7 Å². The topological polar surface area (TPSA) is 9.23 Å². The van der Waals surface area contributed by atoms with E-state index in [0.29, 0.717) is 5.92 Å². The van der Waals surface area contributed by atoms with Gasteiger partial charge in [0.1, 0.15) is 6.61 Å². The third-order valence-electron chi connectivity index (χ3n) is 3.39. The van der Waals surface area contributed by atoms with Crippen molar-refractivity contribution in [2.24, 2.45) is 11.8 Å². The molecule has 1 rings (SSSR count). The van der Waals surface area contributed by atoms with Crippen LogP contribution in [0.3, 0.4) is 0 Å². The van der Waals surface area contributed by atoms with E-state index in [2.05, 4.69) is 20.7 Å². The summed E-state index contributed by atoms with van der Waals surface area (Å²) in [6.45, 7) is -0.898. The Hall–Kier alpha value is 0.230. The molecule has 0 radical (unpaired) electrons. The molecule has 17 heavy (non-hydrogen) atoms. The summed E-state index contributed by atoms with van der Waals surface area (Å²) in [5.41, 5.74) is 0. The van der Waals surface area contributed by atoms with Crippen molar-refractivity contribution < 1.29 is 17.9 Å². The molecule has 1 fully saturated rings. The molecule has 0 N–H and O–H groups in total. The van der Waals surface area contributed by atoms with E-state index in [1.165, 1.54) is 25.7 Å². The molecule has 1 aliphatic rings. The lowest BCUT2D eigenvalue weighted by Crippen LogP contribution is -2.18. The van der Waals surface area contributed by atoms with Crippen LogP contribution < -0.4 is 0 Å². The predicted molar refractivity (Wildman–Crippen MR) is 65.4 cm³/mol. The second kappa shape index (κ2) is 7.62. The normalized spacial score (nSPS) is 19.8. The molecule has 1 unspecified atom stereocenters. The third-order valence-corrected chi connectivity index (χ3v) is 4.23. The van der Waals surface area contributed by atoms with E-state index in [9.17, 15) is 13.2 Å². The lowest BCUT2D eigenvalue weighted by Gasteiger charge is -2.21. The molecule has 102 valence electrons. The summed E-state index contributed by atoms with van der Waals surface area (Å²) in [5.74, 6) is 1.36. The van der Waals surface area contributed by atoms with Gasteiger partial charge in [0.2, 0.25) is 0 Å². The molecule has 0 heterocycles. The predicted octanol–water partition coefficient (Wildman–Crippen LogP) is 4.55. The van der Waals surface area contributed by atoms with Crippen LogP contribution in [0, 0.1) is 11.8 Å². The molecule has 0 aromatic rings. The van der Waals surface area contributed by atoms with Gasteiger partial charge in [-0.1, -0.05) is 41.6 Å². The standard InChI is InChI=1S/C12H20BrF3O/c13-8-11(10-4-1-2-5-10)6-3-7-17-9-12(14,15)16/h10-11H,1-9H2. The fraction of sp³-hybridized carbons (Fsp3) is 1.00. The van der Waals surface area contributed by atoms with Gasteiger partial charge in [-0.3, -0.25) is 0 Å². The zero-order chi connectivity index (χ0) is 12.7. The quantitative estimate of drug-likeness (QED) is 0.494. The Kier molecular flexibility index (Phi) is 6.85. The number of ether oxygens (including phenoxy) is 1. The molecule has 0 spiro atoms. The lowest BCUT2D eigenvalue weighted by atomic mass is 9.89. The van der Waals surface area contributed by atoms with Gasteiger partial charge in [0, 0.05) is 11.9 Å². The maximum atomic E-state index is 11.8. The van der Waals surface area contributed by atoms with E-state index in [4.69, 9.17) is 0 Å². The molecule has 0 saturated heterocycles. The molecule has 0 amide bonds. The second-order valence-electron chi connectivity index (χ2n) is 4.77. The van der Waals surface area contributed by atoms with Crippen molar-refractivity contribution in [3.8, 4) is 0 Å². The Morgan fingerprint density at radius 3 is 2.41 bits per heavy atom. The minimum Gasteiger partial charge on any atom is -0.372 e. The van der Waals surface area contributed by atoms with Gasteiger partial charge in [-0.2, -0.15) is 13.2 Å². The molecular formula is C12H20BrF3O. The Morgan fingerprint density at radius 2 is 1.88 bits per heavy atom. The van der Waals surface area contributed by atoms with Gasteiger partial charge in [-0.05, 0) is 24.7 Å². The smallest absolute Gasteiger partial charge is 0.372 e. The van der Waals surface area contributed by atoms with Gasteiger partial charge in [-0.25, -0.2) is 0 Å². The van der Waals surface area contributed by atoms with Crippen LogP contribution in [0.1, 0.15) is 38.5 Å². The summed E-state index contributed by atoms with van der Waals surface area (Å²) >= 11 is 3.51. The molecule has 1 saturated carbocycles. The average Bonchev–Trinajstić information content (AvgIpc) is 2.75. The highest BCUT2D eigenvalue weighted by molar-refractivity contribution is 9.09. The highest BCUT2D eigenvalue weighted by atomic mass is 79.9. The molecule has 0 bridgehead atoms. The summed E-state index contributed by atoms with van der Waals surface area (Å²) in [6, 6.07) is 0. The van der Waals surface area contributed by atoms with Crippen molar-refractivity contribution in [3.63, 3.8) is 0 Å². The first kappa shape index (κ1) is 15.3. The van der Waals surface area contributed by atoms with Crippen LogP contribution in [-0.4, -0.2) is 24.7 Å². The van der Waals surface area contributed by atoms with Gasteiger partial charge in [0.05, 0.1) is 0 Å². The van der Waals surface area contributed by atoms with Crippen LogP contribution in [0.15, 0.2) is 0 Å². The molecule has 1 nitrogen and oxygen atoms in total. The first-order valence-electron chi connectivity index (χ1n) is 6.23. The van der Waals surface area contributed by atoms with Crippen LogP contribution >= 0.6 is 15.9 Å². The third kappa shape index (κ3) is 6.65. The second-order valence-corrected chi connectivity index (χ2v) is 5.42. The molecule has 1 aliphatic carbocycles.